The first-order valence-electron chi connectivity index (χ1n) is 7.48. The molecule has 3 rings (SSSR count). The Morgan fingerprint density at radius 1 is 1.13 bits per heavy atom. The van der Waals surface area contributed by atoms with Crippen LogP contribution in [0.5, 0.6) is 0 Å². The Hall–Kier alpha value is -2.18. The zero-order chi connectivity index (χ0) is 15.9. The first-order chi connectivity index (χ1) is 11.4. The predicted molar refractivity (Wildman–Crippen MR) is 90.1 cm³/mol. The quantitative estimate of drug-likeness (QED) is 0.672. The third-order valence-electron chi connectivity index (χ3n) is 3.24. The van der Waals surface area contributed by atoms with Gasteiger partial charge in [-0.3, -0.25) is 10.1 Å². The number of ether oxygens (including phenoxy) is 1. The van der Waals surface area contributed by atoms with Gasteiger partial charge in [0.05, 0.1) is 5.69 Å². The molecule has 23 heavy (non-hydrogen) atoms. The fourth-order valence-electron chi connectivity index (χ4n) is 2.18. The van der Waals surface area contributed by atoms with Crippen LogP contribution >= 0.6 is 11.8 Å². The van der Waals surface area contributed by atoms with Gasteiger partial charge in [-0.1, -0.05) is 48.2 Å². The molecular weight excluding hydrogens is 308 g/mol. The lowest BCUT2D eigenvalue weighted by atomic mass is 10.1. The molecule has 0 aliphatic heterocycles. The van der Waals surface area contributed by atoms with Crippen LogP contribution in [0.2, 0.25) is 0 Å². The first-order valence-corrected chi connectivity index (χ1v) is 8.47. The van der Waals surface area contributed by atoms with E-state index >= 15 is 0 Å². The summed E-state index contributed by atoms with van der Waals surface area (Å²) >= 11 is 1.58. The number of aromatic nitrogens is 4. The zero-order valence-corrected chi connectivity index (χ0v) is 13.7. The van der Waals surface area contributed by atoms with Gasteiger partial charge in [0.1, 0.15) is 6.10 Å². The van der Waals surface area contributed by atoms with E-state index in [0.29, 0.717) is 12.4 Å². The van der Waals surface area contributed by atoms with Crippen molar-refractivity contribution in [2.45, 2.75) is 23.9 Å². The predicted octanol–water partition coefficient (Wildman–Crippen LogP) is 3.62. The maximum absolute atomic E-state index is 5.82. The minimum Gasteiger partial charge on any atom is -0.366 e. The Labute approximate surface area is 139 Å². The number of hydrogen-bond acceptors (Lipinski definition) is 5. The molecule has 0 amide bonds. The van der Waals surface area contributed by atoms with Crippen molar-refractivity contribution in [2.75, 3.05) is 6.61 Å². The number of pyridine rings is 1. The van der Waals surface area contributed by atoms with E-state index in [2.05, 4.69) is 20.2 Å². The summed E-state index contributed by atoms with van der Waals surface area (Å²) in [5.74, 6) is 1.40. The summed E-state index contributed by atoms with van der Waals surface area (Å²) in [6, 6.07) is 15.9. The van der Waals surface area contributed by atoms with Gasteiger partial charge in [-0.25, -0.2) is 4.98 Å². The molecule has 0 spiro atoms. The second kappa shape index (κ2) is 7.89. The molecule has 0 bridgehead atoms. The lowest BCUT2D eigenvalue weighted by Gasteiger charge is -2.13. The monoisotopic (exact) mass is 326 g/mol. The van der Waals surface area contributed by atoms with Crippen LogP contribution in [0.25, 0.3) is 0 Å². The Balaban J connectivity index is 1.71. The number of benzene rings is 1. The molecule has 0 radical (unpaired) electrons. The van der Waals surface area contributed by atoms with E-state index in [1.54, 1.807) is 18.0 Å². The van der Waals surface area contributed by atoms with Crippen LogP contribution in [0.4, 0.5) is 0 Å². The highest BCUT2D eigenvalue weighted by Gasteiger charge is 2.19. The van der Waals surface area contributed by atoms with Crippen molar-refractivity contribution < 1.29 is 4.74 Å². The Morgan fingerprint density at radius 2 is 1.96 bits per heavy atom. The molecule has 0 saturated carbocycles. The van der Waals surface area contributed by atoms with Gasteiger partial charge >= 0.3 is 0 Å². The van der Waals surface area contributed by atoms with Crippen molar-refractivity contribution in [3.05, 3.63) is 71.8 Å². The van der Waals surface area contributed by atoms with E-state index in [1.165, 1.54) is 0 Å². The van der Waals surface area contributed by atoms with Crippen molar-refractivity contribution in [3.63, 3.8) is 0 Å². The number of thioether (sulfide) groups is 1. The molecule has 0 saturated heterocycles. The zero-order valence-electron chi connectivity index (χ0n) is 12.8. The van der Waals surface area contributed by atoms with Crippen molar-refractivity contribution in [1.82, 2.24) is 20.2 Å². The second-order valence-electron chi connectivity index (χ2n) is 4.85. The van der Waals surface area contributed by atoms with Crippen molar-refractivity contribution in [1.29, 1.82) is 0 Å². The van der Waals surface area contributed by atoms with Crippen LogP contribution in [-0.2, 0) is 10.5 Å². The maximum Gasteiger partial charge on any atom is 0.184 e. The van der Waals surface area contributed by atoms with Gasteiger partial charge in [0.25, 0.3) is 0 Å². The van der Waals surface area contributed by atoms with Crippen molar-refractivity contribution in [2.24, 2.45) is 0 Å². The number of hydrogen-bond donors (Lipinski definition) is 1. The smallest absolute Gasteiger partial charge is 0.184 e. The van der Waals surface area contributed by atoms with E-state index in [0.717, 1.165) is 22.2 Å². The standard InChI is InChI=1S/C17H18N4OS/c1-2-22-15(13-8-4-3-5-9-13)16-19-17(21-20-16)23-12-14-10-6-7-11-18-14/h3-11,15H,2,12H2,1H3,(H,19,20,21). The van der Waals surface area contributed by atoms with Gasteiger partial charge in [0.2, 0.25) is 0 Å². The molecule has 1 unspecified atom stereocenters. The Bertz CT molecular complexity index is 718. The normalized spacial score (nSPS) is 12.2. The molecule has 0 aliphatic rings. The van der Waals surface area contributed by atoms with Crippen LogP contribution in [0.15, 0.2) is 59.9 Å². The third kappa shape index (κ3) is 4.18. The van der Waals surface area contributed by atoms with Gasteiger partial charge in [-0.15, -0.1) is 0 Å². The van der Waals surface area contributed by atoms with E-state index in [9.17, 15) is 0 Å². The molecule has 2 heterocycles. The second-order valence-corrected chi connectivity index (χ2v) is 5.82. The number of aromatic amines is 1. The van der Waals surface area contributed by atoms with Gasteiger partial charge in [-0.05, 0) is 24.6 Å². The minimum atomic E-state index is -0.248. The van der Waals surface area contributed by atoms with Crippen LogP contribution < -0.4 is 0 Å². The van der Waals surface area contributed by atoms with Gasteiger partial charge in [0, 0.05) is 18.6 Å². The van der Waals surface area contributed by atoms with Crippen molar-refractivity contribution in [3.8, 4) is 0 Å². The molecule has 3 aromatic rings. The molecule has 2 aromatic heterocycles. The summed E-state index contributed by atoms with van der Waals surface area (Å²) in [6.07, 6.45) is 1.55. The van der Waals surface area contributed by atoms with E-state index in [1.807, 2.05) is 55.5 Å². The molecule has 118 valence electrons. The molecule has 6 heteroatoms. The Kier molecular flexibility index (Phi) is 5.39. The Morgan fingerprint density at radius 3 is 2.70 bits per heavy atom. The average Bonchev–Trinajstić information content (AvgIpc) is 3.08. The van der Waals surface area contributed by atoms with Gasteiger partial charge in [0.15, 0.2) is 11.0 Å². The molecule has 0 fully saturated rings. The SMILES string of the molecule is CCOC(c1ccccc1)c1n[nH]c(SCc2ccccn2)n1. The van der Waals surface area contributed by atoms with Gasteiger partial charge in [-0.2, -0.15) is 5.10 Å². The van der Waals surface area contributed by atoms with E-state index < -0.39 is 0 Å². The molecule has 1 atom stereocenters. The fraction of sp³-hybridized carbons (Fsp3) is 0.235. The van der Waals surface area contributed by atoms with Crippen LogP contribution in [-0.4, -0.2) is 26.8 Å². The minimum absolute atomic E-state index is 0.248. The fourth-order valence-corrected chi connectivity index (χ4v) is 2.90. The lowest BCUT2D eigenvalue weighted by molar-refractivity contribution is 0.0852. The summed E-state index contributed by atoms with van der Waals surface area (Å²) < 4.78 is 5.82. The summed E-state index contributed by atoms with van der Waals surface area (Å²) in [5, 5.41) is 8.07. The molecule has 1 aromatic carbocycles. The molecule has 0 aliphatic carbocycles. The number of nitrogens with one attached hydrogen (secondary N) is 1. The van der Waals surface area contributed by atoms with E-state index in [-0.39, 0.29) is 6.10 Å². The summed E-state index contributed by atoms with van der Waals surface area (Å²) in [4.78, 5) is 8.87. The largest absolute Gasteiger partial charge is 0.366 e. The maximum atomic E-state index is 5.82. The number of nitrogens with zero attached hydrogens (tertiary/aromatic N) is 3. The van der Waals surface area contributed by atoms with Crippen LogP contribution in [0.1, 0.15) is 30.1 Å². The molecular formula is C17H18N4OS. The first kappa shape index (κ1) is 15.7. The average molecular weight is 326 g/mol. The van der Waals surface area contributed by atoms with Gasteiger partial charge < -0.3 is 4.74 Å². The highest BCUT2D eigenvalue weighted by molar-refractivity contribution is 7.98. The van der Waals surface area contributed by atoms with E-state index in [4.69, 9.17) is 4.74 Å². The summed E-state index contributed by atoms with van der Waals surface area (Å²) in [7, 11) is 0. The number of H-pyrrole nitrogens is 1. The highest BCUT2D eigenvalue weighted by atomic mass is 32.2. The highest BCUT2D eigenvalue weighted by Crippen LogP contribution is 2.25. The number of rotatable bonds is 7. The molecule has 1 N–H and O–H groups in total. The van der Waals surface area contributed by atoms with Crippen molar-refractivity contribution >= 4 is 11.8 Å². The molecule has 5 nitrogen and oxygen atoms in total. The topological polar surface area (TPSA) is 63.7 Å². The lowest BCUT2D eigenvalue weighted by Crippen LogP contribution is -2.08. The van der Waals surface area contributed by atoms with Crippen LogP contribution in [0.3, 0.4) is 0 Å². The summed E-state index contributed by atoms with van der Waals surface area (Å²) in [6.45, 7) is 2.57. The van der Waals surface area contributed by atoms with Crippen LogP contribution in [0, 0.1) is 0 Å². The summed E-state index contributed by atoms with van der Waals surface area (Å²) in [5.41, 5.74) is 2.06. The third-order valence-corrected chi connectivity index (χ3v) is 4.13.